The predicted molar refractivity (Wildman–Crippen MR) is 75.2 cm³/mol. The number of rotatable bonds is 2. The van der Waals surface area contributed by atoms with Crippen LogP contribution in [0.4, 0.5) is 11.4 Å². The van der Waals surface area contributed by atoms with Crippen LogP contribution in [0.15, 0.2) is 18.2 Å². The lowest BCUT2D eigenvalue weighted by atomic mass is 10.1. The highest BCUT2D eigenvalue weighted by molar-refractivity contribution is 14.1. The lowest BCUT2D eigenvalue weighted by Crippen LogP contribution is -2.39. The Bertz CT molecular complexity index is 431. The second kappa shape index (κ2) is 5.18. The van der Waals surface area contributed by atoms with E-state index in [0.29, 0.717) is 5.69 Å². The van der Waals surface area contributed by atoms with Gasteiger partial charge in [0.2, 0.25) is 0 Å². The SMILES string of the molecule is NC1CCN(c2ccc(I)cc2[N+](=O)[O-])CC1. The number of hydrogen-bond donors (Lipinski definition) is 1. The molecule has 1 heterocycles. The number of hydrogen-bond acceptors (Lipinski definition) is 4. The van der Waals surface area contributed by atoms with Crippen molar-refractivity contribution in [3.63, 3.8) is 0 Å². The van der Waals surface area contributed by atoms with Crippen molar-refractivity contribution in [2.75, 3.05) is 18.0 Å². The molecule has 0 bridgehead atoms. The van der Waals surface area contributed by atoms with Crippen LogP contribution in [0.1, 0.15) is 12.8 Å². The molecule has 5 nitrogen and oxygen atoms in total. The van der Waals surface area contributed by atoms with Gasteiger partial charge in [-0.2, -0.15) is 0 Å². The van der Waals surface area contributed by atoms with Crippen LogP contribution in [0.3, 0.4) is 0 Å². The van der Waals surface area contributed by atoms with Crippen molar-refractivity contribution in [2.45, 2.75) is 18.9 Å². The zero-order valence-electron chi connectivity index (χ0n) is 9.30. The molecule has 0 saturated carbocycles. The van der Waals surface area contributed by atoms with E-state index < -0.39 is 0 Å². The maximum Gasteiger partial charge on any atom is 0.293 e. The molecule has 0 aromatic heterocycles. The van der Waals surface area contributed by atoms with E-state index in [4.69, 9.17) is 5.73 Å². The molecule has 2 rings (SSSR count). The highest BCUT2D eigenvalue weighted by Crippen LogP contribution is 2.31. The number of benzene rings is 1. The van der Waals surface area contributed by atoms with Crippen molar-refractivity contribution in [1.29, 1.82) is 0 Å². The molecule has 0 radical (unpaired) electrons. The minimum Gasteiger partial charge on any atom is -0.366 e. The molecule has 1 fully saturated rings. The van der Waals surface area contributed by atoms with Gasteiger partial charge in [-0.3, -0.25) is 10.1 Å². The first-order chi connectivity index (χ1) is 8.08. The van der Waals surface area contributed by atoms with E-state index in [2.05, 4.69) is 27.5 Å². The van der Waals surface area contributed by atoms with Crippen LogP contribution < -0.4 is 10.6 Å². The average Bonchev–Trinajstić information content (AvgIpc) is 2.30. The van der Waals surface area contributed by atoms with Crippen LogP contribution in [-0.2, 0) is 0 Å². The Morgan fingerprint density at radius 3 is 2.65 bits per heavy atom. The Morgan fingerprint density at radius 1 is 1.41 bits per heavy atom. The highest BCUT2D eigenvalue weighted by Gasteiger charge is 2.23. The van der Waals surface area contributed by atoms with Crippen LogP contribution in [0.25, 0.3) is 0 Å². The molecule has 0 amide bonds. The Labute approximate surface area is 113 Å². The van der Waals surface area contributed by atoms with E-state index >= 15 is 0 Å². The van der Waals surface area contributed by atoms with Gasteiger partial charge in [0.15, 0.2) is 0 Å². The van der Waals surface area contributed by atoms with E-state index in [0.717, 1.165) is 29.5 Å². The molecule has 1 aliphatic rings. The second-order valence-corrected chi connectivity index (χ2v) is 5.46. The summed E-state index contributed by atoms with van der Waals surface area (Å²) in [5, 5.41) is 11.0. The van der Waals surface area contributed by atoms with E-state index in [9.17, 15) is 10.1 Å². The van der Waals surface area contributed by atoms with E-state index in [1.807, 2.05) is 12.1 Å². The van der Waals surface area contributed by atoms with Gasteiger partial charge < -0.3 is 10.6 Å². The molecule has 17 heavy (non-hydrogen) atoms. The Kier molecular flexibility index (Phi) is 3.82. The Hall–Kier alpha value is -0.890. The maximum atomic E-state index is 11.0. The minimum absolute atomic E-state index is 0.187. The fourth-order valence-electron chi connectivity index (χ4n) is 2.05. The lowest BCUT2D eigenvalue weighted by molar-refractivity contribution is -0.384. The van der Waals surface area contributed by atoms with Crippen LogP contribution in [-0.4, -0.2) is 24.1 Å². The number of nitro benzene ring substituents is 1. The van der Waals surface area contributed by atoms with Gasteiger partial charge in [-0.25, -0.2) is 0 Å². The van der Waals surface area contributed by atoms with Crippen molar-refractivity contribution < 1.29 is 4.92 Å². The van der Waals surface area contributed by atoms with Gasteiger partial charge in [-0.05, 0) is 47.6 Å². The van der Waals surface area contributed by atoms with E-state index in [-0.39, 0.29) is 16.7 Å². The quantitative estimate of drug-likeness (QED) is 0.505. The maximum absolute atomic E-state index is 11.0. The summed E-state index contributed by atoms with van der Waals surface area (Å²) in [5.74, 6) is 0. The molecule has 92 valence electrons. The van der Waals surface area contributed by atoms with Crippen LogP contribution in [0, 0.1) is 13.7 Å². The van der Waals surface area contributed by atoms with Crippen molar-refractivity contribution >= 4 is 34.0 Å². The standard InChI is InChI=1S/C11H14IN3O2/c12-8-1-2-10(11(7-8)15(16)17)14-5-3-9(13)4-6-14/h1-2,7,9H,3-6,13H2. The second-order valence-electron chi connectivity index (χ2n) is 4.21. The number of nitrogens with two attached hydrogens (primary N) is 1. The molecule has 0 spiro atoms. The van der Waals surface area contributed by atoms with Crippen LogP contribution >= 0.6 is 22.6 Å². The van der Waals surface area contributed by atoms with Gasteiger partial charge in [0.1, 0.15) is 5.69 Å². The Morgan fingerprint density at radius 2 is 2.06 bits per heavy atom. The normalized spacial score (nSPS) is 17.2. The summed E-state index contributed by atoms with van der Waals surface area (Å²) < 4.78 is 0.881. The molecule has 1 aromatic carbocycles. The lowest BCUT2D eigenvalue weighted by Gasteiger charge is -2.31. The topological polar surface area (TPSA) is 72.4 Å². The number of nitrogens with zero attached hydrogens (tertiary/aromatic N) is 2. The molecular weight excluding hydrogens is 333 g/mol. The predicted octanol–water partition coefficient (Wildman–Crippen LogP) is 2.13. The van der Waals surface area contributed by atoms with Crippen molar-refractivity contribution in [3.8, 4) is 0 Å². The van der Waals surface area contributed by atoms with E-state index in [1.54, 1.807) is 6.07 Å². The summed E-state index contributed by atoms with van der Waals surface area (Å²) in [6, 6.07) is 5.58. The smallest absolute Gasteiger partial charge is 0.293 e. The van der Waals surface area contributed by atoms with Crippen LogP contribution in [0.5, 0.6) is 0 Å². The van der Waals surface area contributed by atoms with Gasteiger partial charge in [0.25, 0.3) is 5.69 Å². The fraction of sp³-hybridized carbons (Fsp3) is 0.455. The van der Waals surface area contributed by atoms with Crippen molar-refractivity contribution in [3.05, 3.63) is 31.9 Å². The van der Waals surface area contributed by atoms with Gasteiger partial charge in [0, 0.05) is 28.8 Å². The zero-order chi connectivity index (χ0) is 12.4. The largest absolute Gasteiger partial charge is 0.366 e. The molecule has 0 aliphatic carbocycles. The van der Waals surface area contributed by atoms with Gasteiger partial charge in [-0.15, -0.1) is 0 Å². The number of nitro groups is 1. The third kappa shape index (κ3) is 2.86. The summed E-state index contributed by atoms with van der Waals surface area (Å²) in [6.45, 7) is 1.59. The molecule has 0 unspecified atom stereocenters. The molecule has 2 N–H and O–H groups in total. The van der Waals surface area contributed by atoms with Gasteiger partial charge in [-0.1, -0.05) is 0 Å². The third-order valence-electron chi connectivity index (χ3n) is 3.01. The first kappa shape index (κ1) is 12.6. The van der Waals surface area contributed by atoms with Crippen LogP contribution in [0.2, 0.25) is 0 Å². The monoisotopic (exact) mass is 347 g/mol. The molecule has 1 aliphatic heterocycles. The van der Waals surface area contributed by atoms with Crippen molar-refractivity contribution in [2.24, 2.45) is 5.73 Å². The molecular formula is C11H14IN3O2. The molecule has 0 atom stereocenters. The summed E-state index contributed by atoms with van der Waals surface area (Å²) in [5.41, 5.74) is 6.73. The summed E-state index contributed by atoms with van der Waals surface area (Å²) in [4.78, 5) is 12.8. The highest BCUT2D eigenvalue weighted by atomic mass is 127. The third-order valence-corrected chi connectivity index (χ3v) is 3.69. The molecule has 6 heteroatoms. The van der Waals surface area contributed by atoms with Crippen molar-refractivity contribution in [1.82, 2.24) is 0 Å². The first-order valence-corrected chi connectivity index (χ1v) is 6.60. The average molecular weight is 347 g/mol. The number of anilines is 1. The van der Waals surface area contributed by atoms with E-state index in [1.165, 1.54) is 0 Å². The van der Waals surface area contributed by atoms with Gasteiger partial charge in [0.05, 0.1) is 4.92 Å². The fourth-order valence-corrected chi connectivity index (χ4v) is 2.53. The molecule has 1 aromatic rings. The number of piperidine rings is 1. The first-order valence-electron chi connectivity index (χ1n) is 5.52. The zero-order valence-corrected chi connectivity index (χ0v) is 11.5. The molecule has 1 saturated heterocycles. The number of halogens is 1. The summed E-state index contributed by atoms with van der Waals surface area (Å²) in [7, 11) is 0. The summed E-state index contributed by atoms with van der Waals surface area (Å²) in [6.07, 6.45) is 1.78. The minimum atomic E-state index is -0.313. The Balaban J connectivity index is 2.28. The summed E-state index contributed by atoms with van der Waals surface area (Å²) >= 11 is 2.09. The van der Waals surface area contributed by atoms with Gasteiger partial charge >= 0.3 is 0 Å².